The number of aromatic nitrogens is 2. The Kier molecular flexibility index (Phi) is 6.60. The van der Waals surface area contributed by atoms with Gasteiger partial charge in [0.05, 0.1) is 22.3 Å². The third kappa shape index (κ3) is 4.68. The Morgan fingerprint density at radius 3 is 2.39 bits per heavy atom. The lowest BCUT2D eigenvalue weighted by atomic mass is 10.1. The van der Waals surface area contributed by atoms with Gasteiger partial charge in [-0.3, -0.25) is 14.2 Å². The molecule has 0 aliphatic heterocycles. The Morgan fingerprint density at radius 1 is 1.00 bits per heavy atom. The van der Waals surface area contributed by atoms with Gasteiger partial charge in [-0.2, -0.15) is 0 Å². The van der Waals surface area contributed by atoms with E-state index in [-0.39, 0.29) is 29.6 Å². The molecule has 0 radical (unpaired) electrons. The fourth-order valence-corrected chi connectivity index (χ4v) is 4.71. The maximum absolute atomic E-state index is 14.0. The first-order chi connectivity index (χ1) is 15.9. The molecule has 0 saturated heterocycles. The first-order valence-corrected chi connectivity index (χ1v) is 11.5. The van der Waals surface area contributed by atoms with E-state index in [2.05, 4.69) is 0 Å². The molecular weight excluding hydrogens is 437 g/mol. The Morgan fingerprint density at radius 2 is 1.67 bits per heavy atom. The summed E-state index contributed by atoms with van der Waals surface area (Å²) < 4.78 is 15.6. The molecule has 0 aliphatic rings. The summed E-state index contributed by atoms with van der Waals surface area (Å²) in [6.07, 6.45) is 0. The Labute approximate surface area is 195 Å². The predicted molar refractivity (Wildman–Crippen MR) is 130 cm³/mol. The Balaban J connectivity index is 1.68. The van der Waals surface area contributed by atoms with Gasteiger partial charge in [0.1, 0.15) is 5.82 Å². The van der Waals surface area contributed by atoms with Crippen molar-refractivity contribution in [3.63, 3.8) is 0 Å². The number of benzene rings is 3. The topological polar surface area (TPSA) is 55.2 Å². The zero-order valence-electron chi connectivity index (χ0n) is 18.7. The highest BCUT2D eigenvalue weighted by Gasteiger charge is 2.19. The fourth-order valence-electron chi connectivity index (χ4n) is 3.77. The van der Waals surface area contributed by atoms with Gasteiger partial charge in [-0.15, -0.1) is 0 Å². The van der Waals surface area contributed by atoms with E-state index in [4.69, 9.17) is 4.98 Å². The zero-order chi connectivity index (χ0) is 23.5. The summed E-state index contributed by atoms with van der Waals surface area (Å²) in [5, 5.41) is 0.969. The highest BCUT2D eigenvalue weighted by atomic mass is 32.2. The van der Waals surface area contributed by atoms with Crippen molar-refractivity contribution >= 4 is 28.6 Å². The third-order valence-corrected chi connectivity index (χ3v) is 6.45. The molecule has 3 aromatic carbocycles. The van der Waals surface area contributed by atoms with Crippen LogP contribution in [0.25, 0.3) is 16.6 Å². The number of halogens is 1. The minimum absolute atomic E-state index is 0.0701. The lowest BCUT2D eigenvalue weighted by Crippen LogP contribution is -2.29. The molecule has 0 bridgehead atoms. The van der Waals surface area contributed by atoms with Gasteiger partial charge in [0.2, 0.25) is 5.91 Å². The molecule has 168 valence electrons. The molecular formula is C26H24FN3O2S. The van der Waals surface area contributed by atoms with Crippen molar-refractivity contribution in [2.24, 2.45) is 0 Å². The summed E-state index contributed by atoms with van der Waals surface area (Å²) in [5.41, 5.74) is 3.52. The normalized spacial score (nSPS) is 11.0. The van der Waals surface area contributed by atoms with Gasteiger partial charge in [-0.05, 0) is 43.2 Å². The van der Waals surface area contributed by atoms with Gasteiger partial charge >= 0.3 is 0 Å². The molecule has 4 aromatic rings. The molecule has 0 N–H and O–H groups in total. The first kappa shape index (κ1) is 22.7. The van der Waals surface area contributed by atoms with E-state index in [1.807, 2.05) is 44.2 Å². The Bertz CT molecular complexity index is 1380. The number of para-hydroxylation sites is 2. The number of carbonyl (C=O) groups excluding carboxylic acids is 1. The molecule has 7 heteroatoms. The van der Waals surface area contributed by atoms with Crippen molar-refractivity contribution < 1.29 is 9.18 Å². The van der Waals surface area contributed by atoms with Gasteiger partial charge in [-0.1, -0.05) is 60.3 Å². The zero-order valence-corrected chi connectivity index (χ0v) is 19.5. The third-order valence-electron chi connectivity index (χ3n) is 5.52. The minimum atomic E-state index is -0.343. The molecule has 0 spiro atoms. The van der Waals surface area contributed by atoms with Crippen LogP contribution in [0.2, 0.25) is 0 Å². The number of aryl methyl sites for hydroxylation is 2. The van der Waals surface area contributed by atoms with Crippen molar-refractivity contribution in [2.75, 3.05) is 12.8 Å². The smallest absolute Gasteiger partial charge is 0.266 e. The second-order valence-corrected chi connectivity index (χ2v) is 8.86. The highest BCUT2D eigenvalue weighted by Crippen LogP contribution is 2.25. The number of hydrogen-bond donors (Lipinski definition) is 0. The number of thioether (sulfide) groups is 1. The average Bonchev–Trinajstić information content (AvgIpc) is 2.80. The van der Waals surface area contributed by atoms with Crippen LogP contribution in [0.5, 0.6) is 0 Å². The van der Waals surface area contributed by atoms with Crippen LogP contribution in [-0.2, 0) is 11.3 Å². The van der Waals surface area contributed by atoms with E-state index in [0.29, 0.717) is 21.6 Å². The molecule has 0 aliphatic carbocycles. The summed E-state index contributed by atoms with van der Waals surface area (Å²) >= 11 is 1.21. The summed E-state index contributed by atoms with van der Waals surface area (Å²) in [7, 11) is 1.64. The van der Waals surface area contributed by atoms with E-state index in [9.17, 15) is 14.0 Å². The van der Waals surface area contributed by atoms with E-state index in [1.165, 1.54) is 22.7 Å². The van der Waals surface area contributed by atoms with E-state index >= 15 is 0 Å². The summed E-state index contributed by atoms with van der Waals surface area (Å²) in [6, 6.07) is 19.5. The second kappa shape index (κ2) is 9.58. The van der Waals surface area contributed by atoms with Crippen LogP contribution in [0.3, 0.4) is 0 Å². The van der Waals surface area contributed by atoms with Gasteiger partial charge in [0.15, 0.2) is 5.16 Å². The minimum Gasteiger partial charge on any atom is -0.341 e. The molecule has 0 saturated carbocycles. The maximum atomic E-state index is 14.0. The molecule has 1 heterocycles. The maximum Gasteiger partial charge on any atom is 0.266 e. The van der Waals surface area contributed by atoms with Crippen LogP contribution in [0.15, 0.2) is 76.7 Å². The SMILES string of the molecule is Cc1cccc(C)c1-n1c(SCC(=O)N(C)Cc2ccccc2F)nc2ccccc2c1=O. The van der Waals surface area contributed by atoms with Crippen molar-refractivity contribution in [2.45, 2.75) is 25.5 Å². The van der Waals surface area contributed by atoms with Gasteiger partial charge < -0.3 is 4.90 Å². The average molecular weight is 462 g/mol. The van der Waals surface area contributed by atoms with Gasteiger partial charge in [0, 0.05) is 19.2 Å². The van der Waals surface area contributed by atoms with Gasteiger partial charge in [0.25, 0.3) is 5.56 Å². The molecule has 0 fully saturated rings. The monoisotopic (exact) mass is 461 g/mol. The number of amides is 1. The van der Waals surface area contributed by atoms with Crippen molar-refractivity contribution in [1.29, 1.82) is 0 Å². The van der Waals surface area contributed by atoms with Crippen molar-refractivity contribution in [3.05, 3.63) is 99.6 Å². The number of fused-ring (bicyclic) bond motifs is 1. The van der Waals surface area contributed by atoms with Crippen LogP contribution in [0.1, 0.15) is 16.7 Å². The predicted octanol–water partition coefficient (Wildman–Crippen LogP) is 4.89. The largest absolute Gasteiger partial charge is 0.341 e. The van der Waals surface area contributed by atoms with Crippen molar-refractivity contribution in [1.82, 2.24) is 14.5 Å². The summed E-state index contributed by atoms with van der Waals surface area (Å²) in [5.74, 6) is -0.454. The molecule has 33 heavy (non-hydrogen) atoms. The highest BCUT2D eigenvalue weighted by molar-refractivity contribution is 7.99. The quantitative estimate of drug-likeness (QED) is 0.303. The second-order valence-electron chi connectivity index (χ2n) is 7.92. The molecule has 1 amide bonds. The van der Waals surface area contributed by atoms with Crippen molar-refractivity contribution in [3.8, 4) is 5.69 Å². The lowest BCUT2D eigenvalue weighted by Gasteiger charge is -2.19. The number of carbonyl (C=O) groups is 1. The van der Waals surface area contributed by atoms with Crippen LogP contribution in [0, 0.1) is 19.7 Å². The van der Waals surface area contributed by atoms with Crippen LogP contribution in [-0.4, -0.2) is 33.2 Å². The Hall–Kier alpha value is -3.45. The van der Waals surface area contributed by atoms with Crippen LogP contribution < -0.4 is 5.56 Å². The van der Waals surface area contributed by atoms with E-state index in [0.717, 1.165) is 16.8 Å². The standard InChI is InChI=1S/C26H24FN3O2S/c1-17-9-8-10-18(2)24(17)30-25(32)20-12-5-7-14-22(20)28-26(30)33-16-23(31)29(3)15-19-11-4-6-13-21(19)27/h4-14H,15-16H2,1-3H3. The fraction of sp³-hybridized carbons (Fsp3) is 0.192. The molecule has 0 atom stereocenters. The lowest BCUT2D eigenvalue weighted by molar-refractivity contribution is -0.127. The van der Waals surface area contributed by atoms with E-state index in [1.54, 1.807) is 41.9 Å². The van der Waals surface area contributed by atoms with E-state index < -0.39 is 0 Å². The summed E-state index contributed by atoms with van der Waals surface area (Å²) in [4.78, 5) is 32.5. The molecule has 0 unspecified atom stereocenters. The number of rotatable bonds is 6. The first-order valence-electron chi connectivity index (χ1n) is 10.6. The van der Waals surface area contributed by atoms with Crippen LogP contribution >= 0.6 is 11.8 Å². The van der Waals surface area contributed by atoms with Crippen LogP contribution in [0.4, 0.5) is 4.39 Å². The number of hydrogen-bond acceptors (Lipinski definition) is 4. The molecule has 1 aromatic heterocycles. The number of nitrogens with zero attached hydrogens (tertiary/aromatic N) is 3. The molecule has 4 rings (SSSR count). The summed E-state index contributed by atoms with van der Waals surface area (Å²) in [6.45, 7) is 4.07. The molecule has 5 nitrogen and oxygen atoms in total. The van der Waals surface area contributed by atoms with Gasteiger partial charge in [-0.25, -0.2) is 9.37 Å².